The minimum absolute atomic E-state index is 0.239. The number of benzene rings is 3. The Bertz CT molecular complexity index is 1290. The third-order valence-corrected chi connectivity index (χ3v) is 5.69. The molecule has 0 atom stereocenters. The number of nitrogen functional groups attached to an aromatic ring is 1. The molecule has 0 fully saturated rings. The Balaban J connectivity index is 2.10. The van der Waals surface area contributed by atoms with Crippen molar-refractivity contribution >= 4 is 28.0 Å². The van der Waals surface area contributed by atoms with E-state index in [0.717, 1.165) is 52.0 Å². The van der Waals surface area contributed by atoms with Gasteiger partial charge in [0.15, 0.2) is 0 Å². The Labute approximate surface area is 174 Å². The molecule has 2 aromatic carbocycles. The first-order valence-electron chi connectivity index (χ1n) is 10.0. The standard InChI is InChI=1S/C24H24N4O2/c1-4-28(5-2)16-7-9-19-22(13-16)30-21-12-15(25)6-8-18(21)23(19)17-10-11-20(27-29)24(26)14(17)3/h6-13,25H,4-5,26H2,1-3H3. The van der Waals surface area contributed by atoms with Gasteiger partial charge in [-0.25, -0.2) is 0 Å². The number of fused-ring (bicyclic) bond motifs is 2. The Hall–Kier alpha value is -3.67. The third kappa shape index (κ3) is 3.10. The lowest BCUT2D eigenvalue weighted by Gasteiger charge is -2.23. The zero-order valence-corrected chi connectivity index (χ0v) is 17.3. The number of rotatable bonds is 5. The van der Waals surface area contributed by atoms with Crippen molar-refractivity contribution in [3.8, 4) is 22.5 Å². The summed E-state index contributed by atoms with van der Waals surface area (Å²) in [6.07, 6.45) is 0. The highest BCUT2D eigenvalue weighted by Crippen LogP contribution is 2.44. The van der Waals surface area contributed by atoms with Gasteiger partial charge in [-0.1, -0.05) is 6.07 Å². The number of hydrogen-bond donors (Lipinski definition) is 2. The molecule has 0 aromatic heterocycles. The van der Waals surface area contributed by atoms with Crippen molar-refractivity contribution in [1.29, 1.82) is 5.41 Å². The highest BCUT2D eigenvalue weighted by molar-refractivity contribution is 6.04. The molecule has 1 aliphatic heterocycles. The number of nitrogens with two attached hydrogens (primary N) is 1. The minimum atomic E-state index is 0.239. The van der Waals surface area contributed by atoms with Gasteiger partial charge in [-0.3, -0.25) is 0 Å². The second-order valence-electron chi connectivity index (χ2n) is 7.30. The van der Waals surface area contributed by atoms with Gasteiger partial charge in [0.1, 0.15) is 17.0 Å². The number of nitrogens with one attached hydrogen (secondary N) is 1. The maximum atomic E-state index is 11.1. The van der Waals surface area contributed by atoms with Crippen molar-refractivity contribution in [2.75, 3.05) is 23.7 Å². The number of nitrogens with zero attached hydrogens (tertiary/aromatic N) is 2. The molecule has 6 heteroatoms. The molecule has 0 bridgehead atoms. The summed E-state index contributed by atoms with van der Waals surface area (Å²) in [6.45, 7) is 7.93. The average Bonchev–Trinajstić information content (AvgIpc) is 2.75. The van der Waals surface area contributed by atoms with Crippen molar-refractivity contribution in [3.05, 3.63) is 64.4 Å². The van der Waals surface area contributed by atoms with E-state index in [4.69, 9.17) is 15.6 Å². The van der Waals surface area contributed by atoms with Crippen LogP contribution in [0.15, 0.2) is 58.1 Å². The molecule has 0 saturated carbocycles. The summed E-state index contributed by atoms with van der Waals surface area (Å²) in [5, 5.41) is 12.4. The highest BCUT2D eigenvalue weighted by Gasteiger charge is 2.20. The van der Waals surface area contributed by atoms with Crippen LogP contribution in [0.25, 0.3) is 33.4 Å². The normalized spacial score (nSPS) is 11.2. The van der Waals surface area contributed by atoms with Crippen molar-refractivity contribution in [2.45, 2.75) is 20.8 Å². The minimum Gasteiger partial charge on any atom is -0.456 e. The molecule has 1 heterocycles. The maximum absolute atomic E-state index is 11.1. The molecular formula is C24H24N4O2. The van der Waals surface area contributed by atoms with Gasteiger partial charge in [0.05, 0.1) is 11.0 Å². The predicted molar refractivity (Wildman–Crippen MR) is 122 cm³/mol. The van der Waals surface area contributed by atoms with Crippen LogP contribution >= 0.6 is 0 Å². The van der Waals surface area contributed by atoms with Crippen molar-refractivity contribution in [3.63, 3.8) is 0 Å². The van der Waals surface area contributed by atoms with Gasteiger partial charge in [0, 0.05) is 47.4 Å². The Kier molecular flexibility index (Phi) is 4.99. The average molecular weight is 400 g/mol. The van der Waals surface area contributed by atoms with Gasteiger partial charge in [0.2, 0.25) is 0 Å². The molecule has 2 aliphatic rings. The monoisotopic (exact) mass is 400 g/mol. The number of hydrogen-bond acceptors (Lipinski definition) is 6. The zero-order valence-electron chi connectivity index (χ0n) is 17.3. The molecule has 0 amide bonds. The topological polar surface area (TPSA) is 95.7 Å². The van der Waals surface area contributed by atoms with E-state index in [9.17, 15) is 4.91 Å². The van der Waals surface area contributed by atoms with Crippen molar-refractivity contribution in [2.24, 2.45) is 5.18 Å². The second kappa shape index (κ2) is 7.63. The lowest BCUT2D eigenvalue weighted by atomic mass is 9.90. The SMILES string of the molecule is CCN(CC)c1ccc2c(-c3ccc(N=O)c(N)c3C)c3ccc(=N)cc-3oc2c1. The van der Waals surface area contributed by atoms with Crippen LogP contribution in [-0.4, -0.2) is 13.1 Å². The fourth-order valence-corrected chi connectivity index (χ4v) is 4.02. The van der Waals surface area contributed by atoms with Gasteiger partial charge >= 0.3 is 0 Å². The van der Waals surface area contributed by atoms with E-state index < -0.39 is 0 Å². The van der Waals surface area contributed by atoms with E-state index in [-0.39, 0.29) is 5.69 Å². The summed E-state index contributed by atoms with van der Waals surface area (Å²) in [6, 6.07) is 15.1. The quantitative estimate of drug-likeness (QED) is 0.251. The van der Waals surface area contributed by atoms with E-state index in [2.05, 4.69) is 36.1 Å². The smallest absolute Gasteiger partial charge is 0.137 e. The summed E-state index contributed by atoms with van der Waals surface area (Å²) in [5.41, 5.74) is 12.2. The van der Waals surface area contributed by atoms with Gasteiger partial charge in [0.25, 0.3) is 0 Å². The lowest BCUT2D eigenvalue weighted by molar-refractivity contribution is 0.618. The Morgan fingerprint density at radius 2 is 1.77 bits per heavy atom. The molecule has 0 spiro atoms. The van der Waals surface area contributed by atoms with Crippen molar-refractivity contribution < 1.29 is 4.42 Å². The van der Waals surface area contributed by atoms with E-state index >= 15 is 0 Å². The molecule has 2 aromatic rings. The number of anilines is 2. The fourth-order valence-electron chi connectivity index (χ4n) is 4.02. The van der Waals surface area contributed by atoms with Crippen molar-refractivity contribution in [1.82, 2.24) is 0 Å². The van der Waals surface area contributed by atoms with Gasteiger partial charge < -0.3 is 20.5 Å². The number of nitroso groups, excluding NO2 is 1. The van der Waals surface area contributed by atoms with Crippen LogP contribution in [0.4, 0.5) is 17.1 Å². The first kappa shape index (κ1) is 19.6. The molecule has 0 unspecified atom stereocenters. The Morgan fingerprint density at radius 3 is 2.47 bits per heavy atom. The largest absolute Gasteiger partial charge is 0.456 e. The fraction of sp³-hybridized carbons (Fsp3) is 0.208. The first-order valence-corrected chi connectivity index (χ1v) is 10.0. The van der Waals surface area contributed by atoms with Crippen LogP contribution in [0, 0.1) is 17.2 Å². The summed E-state index contributed by atoms with van der Waals surface area (Å²) in [7, 11) is 0. The summed E-state index contributed by atoms with van der Waals surface area (Å²) >= 11 is 0. The molecule has 1 aliphatic carbocycles. The highest BCUT2D eigenvalue weighted by atomic mass is 16.3. The molecule has 30 heavy (non-hydrogen) atoms. The van der Waals surface area contributed by atoms with E-state index in [1.54, 1.807) is 18.2 Å². The van der Waals surface area contributed by atoms with Gasteiger partial charge in [-0.15, -0.1) is 4.91 Å². The molecular weight excluding hydrogens is 376 g/mol. The second-order valence-corrected chi connectivity index (χ2v) is 7.30. The summed E-state index contributed by atoms with van der Waals surface area (Å²) in [4.78, 5) is 13.3. The molecule has 6 nitrogen and oxygen atoms in total. The lowest BCUT2D eigenvalue weighted by Crippen LogP contribution is -2.21. The Morgan fingerprint density at radius 1 is 1.03 bits per heavy atom. The van der Waals surface area contributed by atoms with Crippen LogP contribution in [0.2, 0.25) is 0 Å². The predicted octanol–water partition coefficient (Wildman–Crippen LogP) is 5.82. The van der Waals surface area contributed by atoms with E-state index in [0.29, 0.717) is 16.8 Å². The molecule has 4 rings (SSSR count). The molecule has 0 radical (unpaired) electrons. The van der Waals surface area contributed by atoms with Crippen LogP contribution in [0.3, 0.4) is 0 Å². The first-order chi connectivity index (χ1) is 14.5. The van der Waals surface area contributed by atoms with Crippen LogP contribution < -0.4 is 16.0 Å². The van der Waals surface area contributed by atoms with Gasteiger partial charge in [-0.05, 0) is 67.4 Å². The van der Waals surface area contributed by atoms with Crippen LogP contribution in [0.1, 0.15) is 19.4 Å². The van der Waals surface area contributed by atoms with Crippen LogP contribution in [-0.2, 0) is 0 Å². The van der Waals surface area contributed by atoms with E-state index in [1.165, 1.54) is 0 Å². The molecule has 3 N–H and O–H groups in total. The third-order valence-electron chi connectivity index (χ3n) is 5.69. The maximum Gasteiger partial charge on any atom is 0.137 e. The summed E-state index contributed by atoms with van der Waals surface area (Å²) < 4.78 is 6.24. The van der Waals surface area contributed by atoms with Gasteiger partial charge in [-0.2, -0.15) is 0 Å². The van der Waals surface area contributed by atoms with E-state index in [1.807, 2.05) is 25.1 Å². The zero-order chi connectivity index (χ0) is 21.4. The van der Waals surface area contributed by atoms with Crippen LogP contribution in [0.5, 0.6) is 0 Å². The molecule has 0 saturated heterocycles. The molecule has 152 valence electrons. The summed E-state index contributed by atoms with van der Waals surface area (Å²) in [5.74, 6) is 0.636.